The van der Waals surface area contributed by atoms with Crippen molar-refractivity contribution in [2.45, 2.75) is 0 Å². The Morgan fingerprint density at radius 1 is 1.17 bits per heavy atom. The van der Waals surface area contributed by atoms with E-state index in [4.69, 9.17) is 9.15 Å². The minimum absolute atomic E-state index is 0.156. The molecule has 24 heavy (non-hydrogen) atoms. The third-order valence-corrected chi connectivity index (χ3v) is 3.14. The first-order valence-corrected chi connectivity index (χ1v) is 6.81. The topological polar surface area (TPSA) is 77.3 Å². The van der Waals surface area contributed by atoms with Gasteiger partial charge in [-0.1, -0.05) is 11.2 Å². The van der Waals surface area contributed by atoms with Gasteiger partial charge in [0.1, 0.15) is 17.4 Å². The van der Waals surface area contributed by atoms with Crippen LogP contribution >= 0.6 is 0 Å². The van der Waals surface area contributed by atoms with Crippen molar-refractivity contribution < 1.29 is 22.7 Å². The van der Waals surface area contributed by atoms with Crippen LogP contribution in [0.1, 0.15) is 10.4 Å². The molecule has 1 aromatic heterocycles. The molecule has 0 spiro atoms. The van der Waals surface area contributed by atoms with Crippen molar-refractivity contribution in [2.24, 2.45) is 0 Å². The number of carbonyl (C=O) groups is 1. The lowest BCUT2D eigenvalue weighted by Crippen LogP contribution is -2.14. The molecule has 0 fully saturated rings. The first-order valence-electron chi connectivity index (χ1n) is 6.81. The first kappa shape index (κ1) is 15.6. The highest BCUT2D eigenvalue weighted by atomic mass is 19.1. The Morgan fingerprint density at radius 2 is 2.00 bits per heavy atom. The van der Waals surface area contributed by atoms with E-state index in [1.165, 1.54) is 7.11 Å². The zero-order chi connectivity index (χ0) is 17.1. The normalized spacial score (nSPS) is 10.5. The van der Waals surface area contributed by atoms with E-state index in [9.17, 15) is 13.6 Å². The summed E-state index contributed by atoms with van der Waals surface area (Å²) in [5.41, 5.74) is 0.257. The molecule has 6 nitrogen and oxygen atoms in total. The fourth-order valence-corrected chi connectivity index (χ4v) is 1.98. The zero-order valence-electron chi connectivity index (χ0n) is 12.4. The predicted octanol–water partition coefficient (Wildman–Crippen LogP) is 3.28. The molecule has 0 aliphatic rings. The Kier molecular flexibility index (Phi) is 4.19. The number of nitrogens with zero attached hydrogens (tertiary/aromatic N) is 2. The molecule has 0 aliphatic heterocycles. The molecule has 0 bridgehead atoms. The maximum atomic E-state index is 13.6. The molecule has 0 saturated heterocycles. The van der Waals surface area contributed by atoms with E-state index in [1.807, 2.05) is 0 Å². The van der Waals surface area contributed by atoms with Crippen LogP contribution in [0.5, 0.6) is 5.75 Å². The predicted molar refractivity (Wildman–Crippen MR) is 80.6 cm³/mol. The summed E-state index contributed by atoms with van der Waals surface area (Å²) in [6.45, 7) is 0. The third-order valence-electron chi connectivity index (χ3n) is 3.14. The fourth-order valence-electron chi connectivity index (χ4n) is 1.98. The highest BCUT2D eigenvalue weighted by Gasteiger charge is 2.16. The van der Waals surface area contributed by atoms with Crippen molar-refractivity contribution in [1.82, 2.24) is 10.2 Å². The summed E-state index contributed by atoms with van der Waals surface area (Å²) in [6.07, 6.45) is 0. The minimum Gasteiger partial charge on any atom is -0.497 e. The summed E-state index contributed by atoms with van der Waals surface area (Å²) >= 11 is 0. The van der Waals surface area contributed by atoms with Crippen LogP contribution in [0.2, 0.25) is 0 Å². The number of hydrogen-bond donors (Lipinski definition) is 1. The number of anilines is 1. The quantitative estimate of drug-likeness (QED) is 0.794. The number of nitrogens with one attached hydrogen (secondary N) is 1. The Hall–Kier alpha value is -3.29. The van der Waals surface area contributed by atoms with E-state index in [2.05, 4.69) is 15.5 Å². The molecule has 1 N–H and O–H groups in total. The molecule has 1 amide bonds. The van der Waals surface area contributed by atoms with E-state index < -0.39 is 17.5 Å². The van der Waals surface area contributed by atoms with E-state index in [1.54, 1.807) is 24.3 Å². The van der Waals surface area contributed by atoms with Gasteiger partial charge in [-0.3, -0.25) is 10.1 Å². The number of halogens is 2. The van der Waals surface area contributed by atoms with Gasteiger partial charge in [-0.25, -0.2) is 8.78 Å². The van der Waals surface area contributed by atoms with Crippen molar-refractivity contribution >= 4 is 11.9 Å². The van der Waals surface area contributed by atoms with Crippen LogP contribution in [0.15, 0.2) is 46.9 Å². The molecular weight excluding hydrogens is 320 g/mol. The molecule has 2 aromatic carbocycles. The fraction of sp³-hybridized carbons (Fsp3) is 0.0625. The Morgan fingerprint density at radius 3 is 2.75 bits per heavy atom. The number of hydrogen-bond acceptors (Lipinski definition) is 5. The molecule has 0 unspecified atom stereocenters. The SMILES string of the molecule is COc1cccc(-c2nnc(NC(=O)c3ccc(F)cc3F)o2)c1. The van der Waals surface area contributed by atoms with Crippen molar-refractivity contribution in [1.29, 1.82) is 0 Å². The van der Waals surface area contributed by atoms with Gasteiger partial charge in [-0.15, -0.1) is 5.10 Å². The molecular formula is C16H11F2N3O3. The molecule has 122 valence electrons. The highest BCUT2D eigenvalue weighted by Crippen LogP contribution is 2.24. The first-order chi connectivity index (χ1) is 11.6. The maximum Gasteiger partial charge on any atom is 0.322 e. The third kappa shape index (κ3) is 3.22. The largest absolute Gasteiger partial charge is 0.497 e. The minimum atomic E-state index is -0.986. The second-order valence-corrected chi connectivity index (χ2v) is 4.72. The van der Waals surface area contributed by atoms with Gasteiger partial charge in [0.2, 0.25) is 5.89 Å². The molecule has 0 radical (unpaired) electrons. The van der Waals surface area contributed by atoms with Gasteiger partial charge < -0.3 is 9.15 Å². The zero-order valence-corrected chi connectivity index (χ0v) is 12.4. The maximum absolute atomic E-state index is 13.6. The summed E-state index contributed by atoms with van der Waals surface area (Å²) < 4.78 is 36.9. The number of benzene rings is 2. The Bertz CT molecular complexity index is 896. The van der Waals surface area contributed by atoms with E-state index in [-0.39, 0.29) is 17.5 Å². The second-order valence-electron chi connectivity index (χ2n) is 4.72. The van der Waals surface area contributed by atoms with Crippen LogP contribution in [0.4, 0.5) is 14.8 Å². The van der Waals surface area contributed by atoms with Gasteiger partial charge in [0.05, 0.1) is 12.7 Å². The molecule has 0 aliphatic carbocycles. The van der Waals surface area contributed by atoms with Crippen LogP contribution in [-0.4, -0.2) is 23.2 Å². The lowest BCUT2D eigenvalue weighted by molar-refractivity contribution is 0.102. The van der Waals surface area contributed by atoms with Crippen LogP contribution < -0.4 is 10.1 Å². The van der Waals surface area contributed by atoms with Gasteiger partial charge in [-0.05, 0) is 30.3 Å². The molecule has 0 atom stereocenters. The molecule has 1 heterocycles. The van der Waals surface area contributed by atoms with Gasteiger partial charge in [0.25, 0.3) is 5.91 Å². The van der Waals surface area contributed by atoms with Crippen molar-refractivity contribution in [3.63, 3.8) is 0 Å². The summed E-state index contributed by atoms with van der Waals surface area (Å²) in [5.74, 6) is -1.83. The van der Waals surface area contributed by atoms with Crippen molar-refractivity contribution in [3.8, 4) is 17.2 Å². The van der Waals surface area contributed by atoms with Gasteiger partial charge >= 0.3 is 6.01 Å². The lowest BCUT2D eigenvalue weighted by atomic mass is 10.2. The monoisotopic (exact) mass is 331 g/mol. The molecule has 3 aromatic rings. The lowest BCUT2D eigenvalue weighted by Gasteiger charge is -2.02. The highest BCUT2D eigenvalue weighted by molar-refractivity contribution is 6.03. The second kappa shape index (κ2) is 6.45. The summed E-state index contributed by atoms with van der Waals surface area (Å²) in [4.78, 5) is 12.0. The molecule has 0 saturated carbocycles. The summed E-state index contributed by atoms with van der Waals surface area (Å²) in [5, 5.41) is 9.74. The number of carbonyl (C=O) groups excluding carboxylic acids is 1. The summed E-state index contributed by atoms with van der Waals surface area (Å²) in [7, 11) is 1.52. The smallest absolute Gasteiger partial charge is 0.322 e. The van der Waals surface area contributed by atoms with Crippen molar-refractivity contribution in [2.75, 3.05) is 12.4 Å². The number of methoxy groups -OCH3 is 1. The van der Waals surface area contributed by atoms with E-state index >= 15 is 0 Å². The van der Waals surface area contributed by atoms with E-state index in [0.717, 1.165) is 12.1 Å². The van der Waals surface area contributed by atoms with Crippen molar-refractivity contribution in [3.05, 3.63) is 59.7 Å². The number of rotatable bonds is 4. The average Bonchev–Trinajstić information content (AvgIpc) is 3.03. The molecule has 3 rings (SSSR count). The number of aromatic nitrogens is 2. The van der Waals surface area contributed by atoms with Gasteiger partial charge in [0, 0.05) is 11.6 Å². The summed E-state index contributed by atoms with van der Waals surface area (Å²) in [6, 6.07) is 9.31. The van der Waals surface area contributed by atoms with Gasteiger partial charge in [-0.2, -0.15) is 0 Å². The number of amides is 1. The van der Waals surface area contributed by atoms with Crippen LogP contribution in [0.3, 0.4) is 0 Å². The number of ether oxygens (including phenoxy) is 1. The molecule has 8 heteroatoms. The standard InChI is InChI=1S/C16H11F2N3O3/c1-23-11-4-2-3-9(7-11)15-20-21-16(24-15)19-14(22)12-6-5-10(17)8-13(12)18/h2-8H,1H3,(H,19,21,22). The Balaban J connectivity index is 1.79. The van der Waals surface area contributed by atoms with Crippen LogP contribution in [-0.2, 0) is 0 Å². The van der Waals surface area contributed by atoms with Gasteiger partial charge in [0.15, 0.2) is 0 Å². The van der Waals surface area contributed by atoms with Crippen LogP contribution in [0.25, 0.3) is 11.5 Å². The Labute approximate surface area is 135 Å². The average molecular weight is 331 g/mol. The van der Waals surface area contributed by atoms with E-state index in [0.29, 0.717) is 17.4 Å². The van der Waals surface area contributed by atoms with Crippen LogP contribution in [0, 0.1) is 11.6 Å².